The molecule has 84 valence electrons. The van der Waals surface area contributed by atoms with Gasteiger partial charge in [0.15, 0.2) is 11.5 Å². The molecule has 0 spiro atoms. The van der Waals surface area contributed by atoms with E-state index in [0.29, 0.717) is 32.0 Å². The van der Waals surface area contributed by atoms with E-state index in [0.717, 1.165) is 0 Å². The van der Waals surface area contributed by atoms with E-state index in [9.17, 15) is 5.11 Å². The number of aromatic nitrogens is 2. The molecule has 2 N–H and O–H groups in total. The molecule has 1 saturated heterocycles. The maximum absolute atomic E-state index is 10.00. The minimum Gasteiger partial charge on any atom is -0.386 e. The van der Waals surface area contributed by atoms with Crippen LogP contribution in [0, 0.1) is 11.3 Å². The Morgan fingerprint density at radius 3 is 3.06 bits per heavy atom. The van der Waals surface area contributed by atoms with Crippen molar-refractivity contribution in [1.82, 2.24) is 9.97 Å². The molecule has 0 amide bonds. The molecule has 1 aromatic heterocycles. The van der Waals surface area contributed by atoms with Gasteiger partial charge in [0.05, 0.1) is 6.61 Å². The Kier molecular flexibility index (Phi) is 2.99. The lowest BCUT2D eigenvalue weighted by molar-refractivity contribution is 0.0381. The monoisotopic (exact) mass is 220 g/mol. The first-order valence-electron chi connectivity index (χ1n) is 4.99. The third-order valence-electron chi connectivity index (χ3n) is 2.47. The van der Waals surface area contributed by atoms with Gasteiger partial charge in [0, 0.05) is 32.0 Å². The molecule has 1 fully saturated rings. The molecule has 0 saturated carbocycles. The van der Waals surface area contributed by atoms with Crippen molar-refractivity contribution in [3.63, 3.8) is 0 Å². The SMILES string of the molecule is N#Cc1nccnc1NCC1(O)CCOC1. The molecule has 1 atom stereocenters. The Balaban J connectivity index is 2.02. The molecule has 2 rings (SSSR count). The largest absolute Gasteiger partial charge is 0.386 e. The zero-order valence-electron chi connectivity index (χ0n) is 8.68. The zero-order chi connectivity index (χ0) is 11.4. The Bertz CT molecular complexity index is 410. The minimum atomic E-state index is -0.871. The molecule has 0 radical (unpaired) electrons. The number of rotatable bonds is 3. The van der Waals surface area contributed by atoms with Crippen molar-refractivity contribution in [2.24, 2.45) is 0 Å². The molecule has 1 aromatic rings. The first-order valence-corrected chi connectivity index (χ1v) is 4.99. The predicted molar refractivity (Wildman–Crippen MR) is 55.6 cm³/mol. The summed E-state index contributed by atoms with van der Waals surface area (Å²) in [5.74, 6) is 0.394. The molecule has 2 heterocycles. The average Bonchev–Trinajstić information content (AvgIpc) is 2.74. The summed E-state index contributed by atoms with van der Waals surface area (Å²) in [6.07, 6.45) is 3.54. The molecule has 16 heavy (non-hydrogen) atoms. The molecular formula is C10H12N4O2. The second-order valence-corrected chi connectivity index (χ2v) is 3.75. The van der Waals surface area contributed by atoms with E-state index in [-0.39, 0.29) is 5.69 Å². The Morgan fingerprint density at radius 1 is 1.56 bits per heavy atom. The Morgan fingerprint density at radius 2 is 2.38 bits per heavy atom. The molecule has 6 heteroatoms. The van der Waals surface area contributed by atoms with Gasteiger partial charge in [-0.1, -0.05) is 0 Å². The molecule has 1 aliphatic heterocycles. The van der Waals surface area contributed by atoms with E-state index in [4.69, 9.17) is 10.00 Å². The van der Waals surface area contributed by atoms with Crippen LogP contribution >= 0.6 is 0 Å². The number of hydrogen-bond donors (Lipinski definition) is 2. The second-order valence-electron chi connectivity index (χ2n) is 3.75. The first kappa shape index (κ1) is 10.8. The van der Waals surface area contributed by atoms with Crippen molar-refractivity contribution in [1.29, 1.82) is 5.26 Å². The maximum Gasteiger partial charge on any atom is 0.182 e. The van der Waals surface area contributed by atoms with E-state index in [1.165, 1.54) is 12.4 Å². The highest BCUT2D eigenvalue weighted by Gasteiger charge is 2.32. The maximum atomic E-state index is 10.00. The lowest BCUT2D eigenvalue weighted by Gasteiger charge is -2.20. The Labute approximate surface area is 92.9 Å². The van der Waals surface area contributed by atoms with Gasteiger partial charge < -0.3 is 15.2 Å². The highest BCUT2D eigenvalue weighted by molar-refractivity contribution is 5.46. The highest BCUT2D eigenvalue weighted by atomic mass is 16.5. The van der Waals surface area contributed by atoms with Crippen LogP contribution in [0.5, 0.6) is 0 Å². The number of hydrogen-bond acceptors (Lipinski definition) is 6. The van der Waals surface area contributed by atoms with Crippen LogP contribution in [-0.4, -0.2) is 40.4 Å². The molecule has 0 bridgehead atoms. The summed E-state index contributed by atoms with van der Waals surface area (Å²) in [6.45, 7) is 1.17. The van der Waals surface area contributed by atoms with Crippen LogP contribution in [0.15, 0.2) is 12.4 Å². The van der Waals surface area contributed by atoms with Crippen molar-refractivity contribution in [3.05, 3.63) is 18.1 Å². The van der Waals surface area contributed by atoms with Crippen molar-refractivity contribution >= 4 is 5.82 Å². The van der Waals surface area contributed by atoms with E-state index in [2.05, 4.69) is 15.3 Å². The van der Waals surface area contributed by atoms with Gasteiger partial charge in [-0.15, -0.1) is 0 Å². The van der Waals surface area contributed by atoms with Crippen LogP contribution in [0.4, 0.5) is 5.82 Å². The summed E-state index contributed by atoms with van der Waals surface area (Å²) < 4.78 is 5.11. The van der Waals surface area contributed by atoms with Gasteiger partial charge >= 0.3 is 0 Å². The van der Waals surface area contributed by atoms with Gasteiger partial charge in [-0.05, 0) is 0 Å². The van der Waals surface area contributed by atoms with Gasteiger partial charge in [0.25, 0.3) is 0 Å². The van der Waals surface area contributed by atoms with Crippen molar-refractivity contribution in [2.45, 2.75) is 12.0 Å². The van der Waals surface area contributed by atoms with E-state index >= 15 is 0 Å². The van der Waals surface area contributed by atoms with Crippen molar-refractivity contribution < 1.29 is 9.84 Å². The fourth-order valence-electron chi connectivity index (χ4n) is 1.53. The lowest BCUT2D eigenvalue weighted by atomic mass is 10.0. The van der Waals surface area contributed by atoms with Crippen LogP contribution < -0.4 is 5.32 Å². The average molecular weight is 220 g/mol. The van der Waals surface area contributed by atoms with Gasteiger partial charge in [-0.2, -0.15) is 5.26 Å². The first-order chi connectivity index (χ1) is 7.73. The molecule has 6 nitrogen and oxygen atoms in total. The van der Waals surface area contributed by atoms with Crippen LogP contribution in [0.2, 0.25) is 0 Å². The highest BCUT2D eigenvalue weighted by Crippen LogP contribution is 2.19. The van der Waals surface area contributed by atoms with E-state index in [1.54, 1.807) is 0 Å². The van der Waals surface area contributed by atoms with Crippen LogP contribution in [0.1, 0.15) is 12.1 Å². The minimum absolute atomic E-state index is 0.227. The van der Waals surface area contributed by atoms with Crippen LogP contribution in [-0.2, 0) is 4.74 Å². The standard InChI is InChI=1S/C10H12N4O2/c11-5-8-9(13-3-2-12-8)14-6-10(15)1-4-16-7-10/h2-3,15H,1,4,6-7H2,(H,13,14). The number of anilines is 1. The fraction of sp³-hybridized carbons (Fsp3) is 0.500. The van der Waals surface area contributed by atoms with Crippen LogP contribution in [0.25, 0.3) is 0 Å². The summed E-state index contributed by atoms with van der Waals surface area (Å²) in [7, 11) is 0. The topological polar surface area (TPSA) is 91.1 Å². The van der Waals surface area contributed by atoms with Crippen LogP contribution in [0.3, 0.4) is 0 Å². The third kappa shape index (κ3) is 2.27. The summed E-state index contributed by atoms with van der Waals surface area (Å²) in [5.41, 5.74) is -0.644. The summed E-state index contributed by atoms with van der Waals surface area (Å²) >= 11 is 0. The predicted octanol–water partition coefficient (Wildman–Crippen LogP) is -0.0884. The van der Waals surface area contributed by atoms with Crippen molar-refractivity contribution in [2.75, 3.05) is 25.1 Å². The Hall–Kier alpha value is -1.71. The number of nitriles is 1. The molecule has 0 aromatic carbocycles. The summed E-state index contributed by atoms with van der Waals surface area (Å²) in [6, 6.07) is 1.93. The third-order valence-corrected chi connectivity index (χ3v) is 2.47. The normalized spacial score (nSPS) is 24.0. The number of aliphatic hydroxyl groups is 1. The van der Waals surface area contributed by atoms with E-state index < -0.39 is 5.60 Å². The van der Waals surface area contributed by atoms with Gasteiger partial charge in [-0.25, -0.2) is 9.97 Å². The zero-order valence-corrected chi connectivity index (χ0v) is 8.68. The molecule has 1 aliphatic rings. The molecule has 0 aliphatic carbocycles. The molecule has 1 unspecified atom stereocenters. The summed E-state index contributed by atoms with van der Waals surface area (Å²) in [4.78, 5) is 7.86. The number of nitrogens with zero attached hydrogens (tertiary/aromatic N) is 3. The fourth-order valence-corrected chi connectivity index (χ4v) is 1.53. The lowest BCUT2D eigenvalue weighted by Crippen LogP contribution is -2.37. The van der Waals surface area contributed by atoms with E-state index in [1.807, 2.05) is 6.07 Å². The smallest absolute Gasteiger partial charge is 0.182 e. The second kappa shape index (κ2) is 4.43. The van der Waals surface area contributed by atoms with Gasteiger partial charge in [-0.3, -0.25) is 0 Å². The number of nitrogens with one attached hydrogen (secondary N) is 1. The summed E-state index contributed by atoms with van der Waals surface area (Å²) in [5, 5.41) is 21.7. The molecular weight excluding hydrogens is 208 g/mol. The van der Waals surface area contributed by atoms with Crippen molar-refractivity contribution in [3.8, 4) is 6.07 Å². The number of ether oxygens (including phenoxy) is 1. The van der Waals surface area contributed by atoms with Gasteiger partial charge in [0.1, 0.15) is 11.7 Å². The van der Waals surface area contributed by atoms with Gasteiger partial charge in [0.2, 0.25) is 0 Å². The quantitative estimate of drug-likeness (QED) is 0.739.